The van der Waals surface area contributed by atoms with E-state index in [9.17, 15) is 0 Å². The molecule has 0 aromatic rings. The maximum Gasteiger partial charge on any atom is 0.224 e. The van der Waals surface area contributed by atoms with Gasteiger partial charge < -0.3 is 17.1 Å². The average Bonchev–Trinajstić information content (AvgIpc) is 2.68. The predicted molar refractivity (Wildman–Crippen MR) is 41.6 cm³/mol. The van der Waals surface area contributed by atoms with E-state index in [-0.39, 0.29) is 18.1 Å². The van der Waals surface area contributed by atoms with E-state index in [0.717, 1.165) is 24.2 Å². The lowest BCUT2D eigenvalue weighted by Gasteiger charge is -2.35. The standard InChI is InChI=1S/C8H18NO.ClH/c1-5-9(4,6-2)8(3)7-10-8;/h5-7H2,1-4H3;1H/q+1;/p-1. The molecule has 0 N–H and O–H groups in total. The Morgan fingerprint density at radius 2 is 1.73 bits per heavy atom. The van der Waals surface area contributed by atoms with Crippen molar-refractivity contribution in [2.24, 2.45) is 0 Å². The smallest absolute Gasteiger partial charge is 0.224 e. The maximum atomic E-state index is 5.42. The van der Waals surface area contributed by atoms with Gasteiger partial charge in [-0.25, -0.2) is 0 Å². The highest BCUT2D eigenvalue weighted by Gasteiger charge is 2.54. The van der Waals surface area contributed by atoms with Crippen LogP contribution in [0.4, 0.5) is 0 Å². The molecule has 0 bridgehead atoms. The molecular formula is C8H18ClNO. The number of epoxide rings is 1. The monoisotopic (exact) mass is 179 g/mol. The minimum atomic E-state index is 0. The van der Waals surface area contributed by atoms with Crippen molar-refractivity contribution in [2.45, 2.75) is 26.5 Å². The van der Waals surface area contributed by atoms with E-state index in [1.165, 1.54) is 0 Å². The van der Waals surface area contributed by atoms with Gasteiger partial charge in [-0.05, 0) is 13.8 Å². The minimum Gasteiger partial charge on any atom is -1.00 e. The molecule has 1 rings (SSSR count). The summed E-state index contributed by atoms with van der Waals surface area (Å²) >= 11 is 0. The number of halogens is 1. The molecule has 1 atom stereocenters. The van der Waals surface area contributed by atoms with E-state index < -0.39 is 0 Å². The highest BCUT2D eigenvalue weighted by molar-refractivity contribution is 4.76. The van der Waals surface area contributed by atoms with Crippen LogP contribution in [0.5, 0.6) is 0 Å². The van der Waals surface area contributed by atoms with Gasteiger partial charge in [-0.15, -0.1) is 0 Å². The highest BCUT2D eigenvalue weighted by Crippen LogP contribution is 2.35. The number of hydrogen-bond donors (Lipinski definition) is 0. The van der Waals surface area contributed by atoms with Gasteiger partial charge in [0.25, 0.3) is 0 Å². The summed E-state index contributed by atoms with van der Waals surface area (Å²) in [4.78, 5) is 0. The summed E-state index contributed by atoms with van der Waals surface area (Å²) in [7, 11) is 2.26. The van der Waals surface area contributed by atoms with Crippen molar-refractivity contribution < 1.29 is 21.6 Å². The zero-order chi connectivity index (χ0) is 7.83. The Bertz CT molecular complexity index is 130. The lowest BCUT2D eigenvalue weighted by Crippen LogP contribution is -3.00. The predicted octanol–water partition coefficient (Wildman–Crippen LogP) is -1.78. The van der Waals surface area contributed by atoms with Gasteiger partial charge in [0.15, 0.2) is 0 Å². The van der Waals surface area contributed by atoms with Gasteiger partial charge in [0.1, 0.15) is 6.61 Å². The molecule has 0 aromatic heterocycles. The first-order chi connectivity index (χ1) is 4.58. The minimum absolute atomic E-state index is 0. The number of hydrogen-bond acceptors (Lipinski definition) is 1. The first-order valence-electron chi connectivity index (χ1n) is 4.06. The Labute approximate surface area is 75.5 Å². The SMILES string of the molecule is CC[N+](C)(CC)C1(C)CO1.[Cl-]. The fraction of sp³-hybridized carbons (Fsp3) is 1.00. The first kappa shape index (κ1) is 11.2. The molecule has 0 spiro atoms. The number of nitrogens with zero attached hydrogens (tertiary/aromatic N) is 1. The molecule has 0 aromatic carbocycles. The van der Waals surface area contributed by atoms with E-state index in [2.05, 4.69) is 27.8 Å². The molecule has 1 heterocycles. The number of quaternary nitrogens is 1. The molecule has 1 aliphatic rings. The molecule has 68 valence electrons. The fourth-order valence-corrected chi connectivity index (χ4v) is 1.31. The molecule has 3 heteroatoms. The Balaban J connectivity index is 0.000001000. The van der Waals surface area contributed by atoms with Crippen molar-refractivity contribution in [3.8, 4) is 0 Å². The van der Waals surface area contributed by atoms with Crippen molar-refractivity contribution in [3.05, 3.63) is 0 Å². The topological polar surface area (TPSA) is 12.5 Å². The third-order valence-corrected chi connectivity index (χ3v) is 3.10. The van der Waals surface area contributed by atoms with Crippen LogP contribution in [0.25, 0.3) is 0 Å². The van der Waals surface area contributed by atoms with Crippen LogP contribution in [-0.2, 0) is 4.74 Å². The quantitative estimate of drug-likeness (QED) is 0.369. The average molecular weight is 180 g/mol. The second-order valence-electron chi connectivity index (χ2n) is 3.49. The van der Waals surface area contributed by atoms with Gasteiger partial charge in [-0.2, -0.15) is 0 Å². The van der Waals surface area contributed by atoms with Crippen LogP contribution in [0.3, 0.4) is 0 Å². The van der Waals surface area contributed by atoms with Gasteiger partial charge >= 0.3 is 0 Å². The molecular weight excluding hydrogens is 162 g/mol. The van der Waals surface area contributed by atoms with Crippen molar-refractivity contribution in [3.63, 3.8) is 0 Å². The summed E-state index contributed by atoms with van der Waals surface area (Å²) < 4.78 is 6.46. The second kappa shape index (κ2) is 3.30. The molecule has 11 heavy (non-hydrogen) atoms. The lowest BCUT2D eigenvalue weighted by molar-refractivity contribution is -0.949. The number of ether oxygens (including phenoxy) is 1. The van der Waals surface area contributed by atoms with Crippen molar-refractivity contribution in [1.82, 2.24) is 0 Å². The molecule has 1 fully saturated rings. The molecule has 0 aliphatic carbocycles. The van der Waals surface area contributed by atoms with Crippen LogP contribution >= 0.6 is 0 Å². The molecule has 0 radical (unpaired) electrons. The normalized spacial score (nSPS) is 29.5. The Hall–Kier alpha value is 0.210. The van der Waals surface area contributed by atoms with Crippen LogP contribution < -0.4 is 12.4 Å². The van der Waals surface area contributed by atoms with Crippen LogP contribution in [-0.4, -0.2) is 37.0 Å². The van der Waals surface area contributed by atoms with Crippen molar-refractivity contribution in [1.29, 1.82) is 0 Å². The molecule has 2 nitrogen and oxygen atoms in total. The summed E-state index contributed by atoms with van der Waals surface area (Å²) in [5.41, 5.74) is 0.142. The molecule has 0 saturated carbocycles. The van der Waals surface area contributed by atoms with E-state index in [1.54, 1.807) is 0 Å². The maximum absolute atomic E-state index is 5.42. The summed E-state index contributed by atoms with van der Waals surface area (Å²) in [5, 5.41) is 0. The fourth-order valence-electron chi connectivity index (χ4n) is 1.31. The number of likely N-dealkylation sites (N-methyl/N-ethyl adjacent to an activating group) is 1. The third-order valence-electron chi connectivity index (χ3n) is 3.10. The van der Waals surface area contributed by atoms with Crippen molar-refractivity contribution in [2.75, 3.05) is 26.7 Å². The largest absolute Gasteiger partial charge is 1.00 e. The van der Waals surface area contributed by atoms with Gasteiger partial charge in [-0.1, -0.05) is 0 Å². The second-order valence-corrected chi connectivity index (χ2v) is 3.49. The van der Waals surface area contributed by atoms with E-state index in [1.807, 2.05) is 0 Å². The third kappa shape index (κ3) is 1.68. The van der Waals surface area contributed by atoms with Crippen LogP contribution in [0, 0.1) is 0 Å². The van der Waals surface area contributed by atoms with Gasteiger partial charge in [0.05, 0.1) is 20.1 Å². The van der Waals surface area contributed by atoms with Crippen LogP contribution in [0.2, 0.25) is 0 Å². The van der Waals surface area contributed by atoms with E-state index >= 15 is 0 Å². The van der Waals surface area contributed by atoms with Crippen LogP contribution in [0.15, 0.2) is 0 Å². The van der Waals surface area contributed by atoms with Gasteiger partial charge in [0.2, 0.25) is 5.72 Å². The summed E-state index contributed by atoms with van der Waals surface area (Å²) in [5.74, 6) is 0. The first-order valence-corrected chi connectivity index (χ1v) is 4.06. The molecule has 1 saturated heterocycles. The zero-order valence-electron chi connectivity index (χ0n) is 7.85. The van der Waals surface area contributed by atoms with Gasteiger partial charge in [0, 0.05) is 6.92 Å². The van der Waals surface area contributed by atoms with E-state index in [0.29, 0.717) is 0 Å². The Morgan fingerprint density at radius 1 is 1.36 bits per heavy atom. The Kier molecular flexibility index (Phi) is 3.36. The summed E-state index contributed by atoms with van der Waals surface area (Å²) in [6.45, 7) is 9.89. The lowest BCUT2D eigenvalue weighted by atomic mass is 10.2. The molecule has 1 aliphatic heterocycles. The summed E-state index contributed by atoms with van der Waals surface area (Å²) in [6.07, 6.45) is 0. The number of rotatable bonds is 3. The van der Waals surface area contributed by atoms with Gasteiger partial charge in [-0.3, -0.25) is 4.48 Å². The van der Waals surface area contributed by atoms with Crippen LogP contribution in [0.1, 0.15) is 20.8 Å². The summed E-state index contributed by atoms with van der Waals surface area (Å²) in [6, 6.07) is 0. The Morgan fingerprint density at radius 3 is 1.82 bits per heavy atom. The van der Waals surface area contributed by atoms with E-state index in [4.69, 9.17) is 4.74 Å². The molecule has 0 amide bonds. The highest BCUT2D eigenvalue weighted by atomic mass is 35.5. The molecule has 1 unspecified atom stereocenters. The zero-order valence-corrected chi connectivity index (χ0v) is 8.61. The van der Waals surface area contributed by atoms with Crippen molar-refractivity contribution >= 4 is 0 Å².